The lowest BCUT2D eigenvalue weighted by Crippen LogP contribution is -2.52. The predicted octanol–water partition coefficient (Wildman–Crippen LogP) is -0.472. The van der Waals surface area contributed by atoms with Crippen LogP contribution < -0.4 is 5.73 Å². The zero-order valence-electron chi connectivity index (χ0n) is 10.2. The van der Waals surface area contributed by atoms with Gasteiger partial charge in [0.1, 0.15) is 5.69 Å². The number of aromatic nitrogens is 2. The van der Waals surface area contributed by atoms with E-state index in [2.05, 4.69) is 5.10 Å². The molecule has 1 amide bonds. The highest BCUT2D eigenvalue weighted by Gasteiger charge is 2.28. The molecule has 2 rings (SSSR count). The maximum atomic E-state index is 12.4. The Kier molecular flexibility index (Phi) is 3.44. The molecule has 0 aliphatic carbocycles. The summed E-state index contributed by atoms with van der Waals surface area (Å²) in [4.78, 5) is 14.1. The molecule has 1 fully saturated rings. The smallest absolute Gasteiger partial charge is 0.272 e. The molecule has 0 aromatic carbocycles. The van der Waals surface area contributed by atoms with Crippen LogP contribution >= 0.6 is 0 Å². The van der Waals surface area contributed by atoms with Crippen molar-refractivity contribution in [2.45, 2.75) is 13.0 Å². The molecule has 2 N–H and O–H groups in total. The molecule has 17 heavy (non-hydrogen) atoms. The van der Waals surface area contributed by atoms with E-state index in [1.807, 2.05) is 6.92 Å². The Morgan fingerprint density at radius 3 is 3.06 bits per heavy atom. The van der Waals surface area contributed by atoms with Gasteiger partial charge in [-0.1, -0.05) is 0 Å². The SMILES string of the molecule is Cc1cc(C(=O)N2CCOCC2CN)n(C)n1. The van der Waals surface area contributed by atoms with Crippen molar-refractivity contribution < 1.29 is 9.53 Å². The molecule has 1 unspecified atom stereocenters. The van der Waals surface area contributed by atoms with Gasteiger partial charge in [0.15, 0.2) is 0 Å². The molecule has 0 spiro atoms. The fourth-order valence-corrected chi connectivity index (χ4v) is 2.08. The van der Waals surface area contributed by atoms with Crippen LogP contribution in [-0.2, 0) is 11.8 Å². The second kappa shape index (κ2) is 4.85. The molecule has 1 aliphatic heterocycles. The van der Waals surface area contributed by atoms with Crippen LogP contribution in [0.4, 0.5) is 0 Å². The third-order valence-corrected chi connectivity index (χ3v) is 2.98. The lowest BCUT2D eigenvalue weighted by Gasteiger charge is -2.34. The van der Waals surface area contributed by atoms with Gasteiger partial charge in [0, 0.05) is 20.1 Å². The Labute approximate surface area is 100 Å². The van der Waals surface area contributed by atoms with Crippen LogP contribution in [0.5, 0.6) is 0 Å². The van der Waals surface area contributed by atoms with Crippen LogP contribution in [0.3, 0.4) is 0 Å². The van der Waals surface area contributed by atoms with Crippen LogP contribution in [0.2, 0.25) is 0 Å². The van der Waals surface area contributed by atoms with Crippen molar-refractivity contribution in [3.8, 4) is 0 Å². The van der Waals surface area contributed by atoms with Crippen molar-refractivity contribution >= 4 is 5.91 Å². The lowest BCUT2D eigenvalue weighted by atomic mass is 10.2. The normalized spacial score (nSPS) is 20.6. The van der Waals surface area contributed by atoms with Gasteiger partial charge in [-0.05, 0) is 13.0 Å². The Balaban J connectivity index is 2.21. The zero-order valence-corrected chi connectivity index (χ0v) is 10.2. The number of carbonyl (C=O) groups is 1. The number of morpholine rings is 1. The average Bonchev–Trinajstić information content (AvgIpc) is 2.67. The molecule has 1 aliphatic rings. The number of nitrogens with two attached hydrogens (primary N) is 1. The fraction of sp³-hybridized carbons (Fsp3) is 0.636. The van der Waals surface area contributed by atoms with Gasteiger partial charge in [-0.25, -0.2) is 0 Å². The van der Waals surface area contributed by atoms with Gasteiger partial charge in [0.2, 0.25) is 0 Å². The van der Waals surface area contributed by atoms with Gasteiger partial charge in [-0.15, -0.1) is 0 Å². The number of aryl methyl sites for hydroxylation is 2. The monoisotopic (exact) mass is 238 g/mol. The second-order valence-corrected chi connectivity index (χ2v) is 4.26. The van der Waals surface area contributed by atoms with Crippen LogP contribution in [0.15, 0.2) is 6.07 Å². The molecule has 6 heteroatoms. The minimum atomic E-state index is -0.0357. The second-order valence-electron chi connectivity index (χ2n) is 4.26. The molecule has 0 saturated carbocycles. The quantitative estimate of drug-likeness (QED) is 0.756. The van der Waals surface area contributed by atoms with Crippen molar-refractivity contribution in [1.29, 1.82) is 0 Å². The summed E-state index contributed by atoms with van der Waals surface area (Å²) in [5.41, 5.74) is 7.10. The summed E-state index contributed by atoms with van der Waals surface area (Å²) < 4.78 is 6.94. The summed E-state index contributed by atoms with van der Waals surface area (Å²) in [6.45, 7) is 3.96. The van der Waals surface area contributed by atoms with E-state index < -0.39 is 0 Å². The standard InChI is InChI=1S/C11H18N4O2/c1-8-5-10(14(2)13-8)11(16)15-3-4-17-7-9(15)6-12/h5,9H,3-4,6-7,12H2,1-2H3. The molecule has 1 aromatic heterocycles. The molecule has 1 atom stereocenters. The number of hydrogen-bond acceptors (Lipinski definition) is 4. The van der Waals surface area contributed by atoms with Gasteiger partial charge in [-0.2, -0.15) is 5.10 Å². The number of nitrogens with zero attached hydrogens (tertiary/aromatic N) is 3. The summed E-state index contributed by atoms with van der Waals surface area (Å²) >= 11 is 0. The number of rotatable bonds is 2. The lowest BCUT2D eigenvalue weighted by molar-refractivity contribution is 0.000264. The van der Waals surface area contributed by atoms with Crippen LogP contribution in [-0.4, -0.2) is 52.9 Å². The largest absolute Gasteiger partial charge is 0.377 e. The van der Waals surface area contributed by atoms with Gasteiger partial charge in [0.25, 0.3) is 5.91 Å². The number of amides is 1. The Hall–Kier alpha value is -1.40. The van der Waals surface area contributed by atoms with Crippen molar-refractivity contribution in [1.82, 2.24) is 14.7 Å². The molecule has 94 valence electrons. The van der Waals surface area contributed by atoms with E-state index in [9.17, 15) is 4.79 Å². The van der Waals surface area contributed by atoms with Crippen molar-refractivity contribution in [2.75, 3.05) is 26.3 Å². The molecule has 6 nitrogen and oxygen atoms in total. The van der Waals surface area contributed by atoms with Gasteiger partial charge >= 0.3 is 0 Å². The van der Waals surface area contributed by atoms with Crippen LogP contribution in [0, 0.1) is 6.92 Å². The third-order valence-electron chi connectivity index (χ3n) is 2.98. The van der Waals surface area contributed by atoms with E-state index in [0.717, 1.165) is 5.69 Å². The first-order valence-corrected chi connectivity index (χ1v) is 5.73. The molecule has 2 heterocycles. The average molecular weight is 238 g/mol. The maximum Gasteiger partial charge on any atom is 0.272 e. The van der Waals surface area contributed by atoms with E-state index in [1.165, 1.54) is 0 Å². The summed E-state index contributed by atoms with van der Waals surface area (Å²) in [5.74, 6) is -0.0214. The highest BCUT2D eigenvalue weighted by molar-refractivity contribution is 5.93. The van der Waals surface area contributed by atoms with E-state index in [0.29, 0.717) is 32.0 Å². The fourth-order valence-electron chi connectivity index (χ4n) is 2.08. The third kappa shape index (κ3) is 2.32. The molecule has 1 saturated heterocycles. The van der Waals surface area contributed by atoms with Gasteiger partial charge < -0.3 is 15.4 Å². The predicted molar refractivity (Wildman–Crippen MR) is 62.6 cm³/mol. The summed E-state index contributed by atoms with van der Waals surface area (Å²) in [7, 11) is 1.78. The molecular weight excluding hydrogens is 220 g/mol. The molecular formula is C11H18N4O2. The molecule has 0 bridgehead atoms. The Morgan fingerprint density at radius 1 is 1.71 bits per heavy atom. The first kappa shape index (κ1) is 12.1. The topological polar surface area (TPSA) is 73.4 Å². The number of ether oxygens (including phenoxy) is 1. The van der Waals surface area contributed by atoms with E-state index >= 15 is 0 Å². The minimum Gasteiger partial charge on any atom is -0.377 e. The van der Waals surface area contributed by atoms with Crippen molar-refractivity contribution in [2.24, 2.45) is 12.8 Å². The van der Waals surface area contributed by atoms with Crippen molar-refractivity contribution in [3.05, 3.63) is 17.5 Å². The zero-order chi connectivity index (χ0) is 12.4. The van der Waals surface area contributed by atoms with E-state index in [1.54, 1.807) is 22.7 Å². The van der Waals surface area contributed by atoms with Gasteiger partial charge in [-0.3, -0.25) is 9.48 Å². The van der Waals surface area contributed by atoms with E-state index in [4.69, 9.17) is 10.5 Å². The Bertz CT molecular complexity index is 416. The number of hydrogen-bond donors (Lipinski definition) is 1. The van der Waals surface area contributed by atoms with E-state index in [-0.39, 0.29) is 11.9 Å². The Morgan fingerprint density at radius 2 is 2.47 bits per heavy atom. The molecule has 0 radical (unpaired) electrons. The summed E-state index contributed by atoms with van der Waals surface area (Å²) in [6, 6.07) is 1.76. The summed E-state index contributed by atoms with van der Waals surface area (Å²) in [5, 5.41) is 4.18. The first-order valence-electron chi connectivity index (χ1n) is 5.73. The number of carbonyl (C=O) groups excluding carboxylic acids is 1. The maximum absolute atomic E-state index is 12.4. The summed E-state index contributed by atoms with van der Waals surface area (Å²) in [6.07, 6.45) is 0. The van der Waals surface area contributed by atoms with Crippen LogP contribution in [0.25, 0.3) is 0 Å². The first-order chi connectivity index (χ1) is 8.13. The highest BCUT2D eigenvalue weighted by Crippen LogP contribution is 2.12. The van der Waals surface area contributed by atoms with Crippen LogP contribution in [0.1, 0.15) is 16.2 Å². The van der Waals surface area contributed by atoms with Gasteiger partial charge in [0.05, 0.1) is 24.9 Å². The van der Waals surface area contributed by atoms with Crippen molar-refractivity contribution in [3.63, 3.8) is 0 Å². The minimum absolute atomic E-state index is 0.0214. The molecule has 1 aromatic rings. The highest BCUT2D eigenvalue weighted by atomic mass is 16.5.